The molecule has 0 unspecified atom stereocenters. The number of nitrogens with zero attached hydrogens (tertiary/aromatic N) is 2. The van der Waals surface area contributed by atoms with E-state index in [0.717, 1.165) is 43.4 Å². The van der Waals surface area contributed by atoms with Crippen LogP contribution in [0, 0.1) is 5.82 Å². The molecule has 0 spiro atoms. The fourth-order valence-electron chi connectivity index (χ4n) is 3.35. The molecule has 1 fully saturated rings. The summed E-state index contributed by atoms with van der Waals surface area (Å²) in [7, 11) is -3.31. The van der Waals surface area contributed by atoms with Crippen LogP contribution in [0.25, 0.3) is 6.08 Å². The molecule has 2 aromatic rings. The molecule has 2 aromatic carbocycles. The zero-order valence-corrected chi connectivity index (χ0v) is 17.7. The lowest BCUT2D eigenvalue weighted by molar-refractivity contribution is -0.125. The molecule has 0 aromatic heterocycles. The van der Waals surface area contributed by atoms with Gasteiger partial charge in [0, 0.05) is 44.5 Å². The molecule has 6 nitrogen and oxygen atoms in total. The van der Waals surface area contributed by atoms with E-state index in [1.807, 2.05) is 4.90 Å². The van der Waals surface area contributed by atoms with Gasteiger partial charge in [-0.05, 0) is 47.9 Å². The smallest absolute Gasteiger partial charge is 0.246 e. The van der Waals surface area contributed by atoms with E-state index in [1.54, 1.807) is 48.6 Å². The van der Waals surface area contributed by atoms with E-state index in [9.17, 15) is 17.6 Å². The maximum Gasteiger partial charge on any atom is 0.246 e. The summed E-state index contributed by atoms with van der Waals surface area (Å²) in [5.74, 6) is -0.281. The van der Waals surface area contributed by atoms with Crippen LogP contribution in [-0.4, -0.2) is 56.6 Å². The number of nitrogens with one attached hydrogen (secondary N) is 1. The minimum atomic E-state index is -3.31. The van der Waals surface area contributed by atoms with Crippen molar-refractivity contribution in [3.63, 3.8) is 0 Å². The van der Waals surface area contributed by atoms with Gasteiger partial charge in [-0.1, -0.05) is 24.3 Å². The maximum absolute atomic E-state index is 13.1. The molecule has 160 valence electrons. The first kappa shape index (κ1) is 22.0. The maximum atomic E-state index is 13.1. The van der Waals surface area contributed by atoms with Gasteiger partial charge in [0.1, 0.15) is 5.82 Å². The number of hydrogen-bond acceptors (Lipinski definition) is 4. The molecule has 1 aliphatic heterocycles. The first-order valence-corrected chi connectivity index (χ1v) is 11.7. The van der Waals surface area contributed by atoms with Crippen LogP contribution < -0.4 is 4.72 Å². The minimum Gasteiger partial charge on any atom is -0.338 e. The lowest BCUT2D eigenvalue weighted by Crippen LogP contribution is -2.34. The molecule has 8 heteroatoms. The van der Waals surface area contributed by atoms with E-state index < -0.39 is 10.0 Å². The topological polar surface area (TPSA) is 69.7 Å². The molecule has 30 heavy (non-hydrogen) atoms. The summed E-state index contributed by atoms with van der Waals surface area (Å²) in [5, 5.41) is 0. The molecule has 1 aliphatic rings. The number of anilines is 1. The summed E-state index contributed by atoms with van der Waals surface area (Å²) in [6.45, 7) is 3.73. The Morgan fingerprint density at radius 1 is 1.03 bits per heavy atom. The molecule has 0 saturated carbocycles. The van der Waals surface area contributed by atoms with Gasteiger partial charge in [0.15, 0.2) is 0 Å². The predicted octanol–water partition coefficient (Wildman–Crippen LogP) is 2.94. The highest BCUT2D eigenvalue weighted by Gasteiger charge is 2.17. The van der Waals surface area contributed by atoms with E-state index in [4.69, 9.17) is 0 Å². The highest BCUT2D eigenvalue weighted by molar-refractivity contribution is 7.92. The molecular formula is C22H26FN3O3S. The van der Waals surface area contributed by atoms with E-state index in [2.05, 4.69) is 9.62 Å². The molecule has 1 amide bonds. The molecule has 0 atom stereocenters. The van der Waals surface area contributed by atoms with Crippen LogP contribution in [0.1, 0.15) is 17.5 Å². The largest absolute Gasteiger partial charge is 0.338 e. The third kappa shape index (κ3) is 6.96. The Bertz CT molecular complexity index is 989. The Labute approximate surface area is 177 Å². The standard InChI is InChI=1S/C22H26FN3O3S/c1-30(28,29)24-21-10-5-18(6-11-21)7-12-22(27)26-14-2-13-25(15-16-26)17-19-3-8-20(23)9-4-19/h3-12,24H,2,13-17H2,1H3/b12-7+. The van der Waals surface area contributed by atoms with Gasteiger partial charge in [-0.25, -0.2) is 12.8 Å². The normalized spacial score (nSPS) is 15.9. The van der Waals surface area contributed by atoms with Gasteiger partial charge < -0.3 is 4.90 Å². The van der Waals surface area contributed by atoms with Crippen molar-refractivity contribution in [2.45, 2.75) is 13.0 Å². The summed E-state index contributed by atoms with van der Waals surface area (Å²) >= 11 is 0. The van der Waals surface area contributed by atoms with Crippen molar-refractivity contribution in [3.8, 4) is 0 Å². The van der Waals surface area contributed by atoms with Gasteiger partial charge in [0.2, 0.25) is 15.9 Å². The number of rotatable bonds is 6. The van der Waals surface area contributed by atoms with Crippen molar-refractivity contribution in [1.82, 2.24) is 9.80 Å². The number of carbonyl (C=O) groups is 1. The third-order valence-electron chi connectivity index (χ3n) is 4.85. The SMILES string of the molecule is CS(=O)(=O)Nc1ccc(/C=C/C(=O)N2CCCN(Cc3ccc(F)cc3)CC2)cc1. The fourth-order valence-corrected chi connectivity index (χ4v) is 3.91. The predicted molar refractivity (Wildman–Crippen MR) is 117 cm³/mol. The zero-order chi connectivity index (χ0) is 21.6. The monoisotopic (exact) mass is 431 g/mol. The van der Waals surface area contributed by atoms with Crippen LogP contribution in [0.5, 0.6) is 0 Å². The molecule has 1 saturated heterocycles. The van der Waals surface area contributed by atoms with Crippen molar-refractivity contribution in [2.24, 2.45) is 0 Å². The van der Waals surface area contributed by atoms with Crippen LogP contribution >= 0.6 is 0 Å². The van der Waals surface area contributed by atoms with Crippen LogP contribution in [0.2, 0.25) is 0 Å². The molecule has 1 heterocycles. The van der Waals surface area contributed by atoms with Gasteiger partial charge in [-0.3, -0.25) is 14.4 Å². The summed E-state index contributed by atoms with van der Waals surface area (Å²) < 4.78 is 38.0. The van der Waals surface area contributed by atoms with Gasteiger partial charge in [0.25, 0.3) is 0 Å². The Balaban J connectivity index is 1.52. The number of sulfonamides is 1. The lowest BCUT2D eigenvalue weighted by Gasteiger charge is -2.21. The third-order valence-corrected chi connectivity index (χ3v) is 5.46. The summed E-state index contributed by atoms with van der Waals surface area (Å²) in [4.78, 5) is 16.7. The first-order valence-electron chi connectivity index (χ1n) is 9.80. The Morgan fingerprint density at radius 2 is 1.73 bits per heavy atom. The number of amides is 1. The van der Waals surface area contributed by atoms with Gasteiger partial charge in [0.05, 0.1) is 6.26 Å². The van der Waals surface area contributed by atoms with E-state index in [-0.39, 0.29) is 11.7 Å². The zero-order valence-electron chi connectivity index (χ0n) is 16.9. The molecule has 3 rings (SSSR count). The quantitative estimate of drug-likeness (QED) is 0.714. The minimum absolute atomic E-state index is 0.0445. The second-order valence-corrected chi connectivity index (χ2v) is 9.16. The molecule has 0 bridgehead atoms. The Kier molecular flexibility index (Phi) is 7.23. The van der Waals surface area contributed by atoms with Gasteiger partial charge in [-0.15, -0.1) is 0 Å². The second kappa shape index (κ2) is 9.86. The Morgan fingerprint density at radius 3 is 2.40 bits per heavy atom. The van der Waals surface area contributed by atoms with Gasteiger partial charge >= 0.3 is 0 Å². The average Bonchev–Trinajstić information content (AvgIpc) is 2.93. The van der Waals surface area contributed by atoms with Crippen LogP contribution in [0.4, 0.5) is 10.1 Å². The highest BCUT2D eigenvalue weighted by Crippen LogP contribution is 2.13. The average molecular weight is 432 g/mol. The second-order valence-electron chi connectivity index (χ2n) is 7.41. The summed E-state index contributed by atoms with van der Waals surface area (Å²) in [6.07, 6.45) is 5.26. The van der Waals surface area contributed by atoms with Crippen molar-refractivity contribution in [3.05, 3.63) is 71.6 Å². The fraction of sp³-hybridized carbons (Fsp3) is 0.318. The van der Waals surface area contributed by atoms with Crippen LogP contribution in [0.3, 0.4) is 0 Å². The molecule has 0 radical (unpaired) electrons. The lowest BCUT2D eigenvalue weighted by atomic mass is 10.2. The van der Waals surface area contributed by atoms with Crippen LogP contribution in [-0.2, 0) is 21.4 Å². The summed E-state index contributed by atoms with van der Waals surface area (Å²) in [5.41, 5.74) is 2.36. The van der Waals surface area contributed by atoms with Crippen molar-refractivity contribution in [1.29, 1.82) is 0 Å². The van der Waals surface area contributed by atoms with E-state index in [1.165, 1.54) is 12.1 Å². The molecule has 0 aliphatic carbocycles. The highest BCUT2D eigenvalue weighted by atomic mass is 32.2. The molecular weight excluding hydrogens is 405 g/mol. The Hall–Kier alpha value is -2.71. The number of carbonyl (C=O) groups excluding carboxylic acids is 1. The number of halogens is 1. The van der Waals surface area contributed by atoms with Crippen molar-refractivity contribution < 1.29 is 17.6 Å². The van der Waals surface area contributed by atoms with Crippen molar-refractivity contribution in [2.75, 3.05) is 37.2 Å². The van der Waals surface area contributed by atoms with E-state index in [0.29, 0.717) is 18.8 Å². The summed E-state index contributed by atoms with van der Waals surface area (Å²) in [6, 6.07) is 13.4. The number of benzene rings is 2. The first-order chi connectivity index (χ1) is 14.3. The molecule has 1 N–H and O–H groups in total. The van der Waals surface area contributed by atoms with Crippen molar-refractivity contribution >= 4 is 27.7 Å². The number of hydrogen-bond donors (Lipinski definition) is 1. The van der Waals surface area contributed by atoms with E-state index >= 15 is 0 Å². The van der Waals surface area contributed by atoms with Gasteiger partial charge in [-0.2, -0.15) is 0 Å². The van der Waals surface area contributed by atoms with Crippen LogP contribution in [0.15, 0.2) is 54.6 Å².